The van der Waals surface area contributed by atoms with Crippen LogP contribution in [0.5, 0.6) is 0 Å². The summed E-state index contributed by atoms with van der Waals surface area (Å²) in [6.45, 7) is 8.68. The van der Waals surface area contributed by atoms with Crippen LogP contribution in [-0.4, -0.2) is 25.7 Å². The molecule has 2 nitrogen and oxygen atoms in total. The first-order valence-corrected chi connectivity index (χ1v) is 7.05. The first-order valence-electron chi connectivity index (χ1n) is 7.05. The average Bonchev–Trinajstić information content (AvgIpc) is 2.37. The number of rotatable bonds is 8. The molecule has 0 bridgehead atoms. The molecule has 0 aliphatic rings. The average molecular weight is 248 g/mol. The maximum atomic E-state index is 3.50. The molecule has 18 heavy (non-hydrogen) atoms. The molecule has 0 fully saturated rings. The van der Waals surface area contributed by atoms with Crippen molar-refractivity contribution in [2.75, 3.05) is 20.1 Å². The normalized spacial score (nSPS) is 11.8. The van der Waals surface area contributed by atoms with Gasteiger partial charge in [-0.3, -0.25) is 0 Å². The van der Waals surface area contributed by atoms with E-state index in [1.54, 1.807) is 0 Å². The van der Waals surface area contributed by atoms with Gasteiger partial charge < -0.3 is 10.6 Å². The predicted octanol–water partition coefficient (Wildman–Crippen LogP) is 2.77. The van der Waals surface area contributed by atoms with Crippen LogP contribution in [-0.2, 0) is 12.8 Å². The highest BCUT2D eigenvalue weighted by Gasteiger charge is 2.12. The molecule has 0 aliphatic heterocycles. The summed E-state index contributed by atoms with van der Waals surface area (Å²) in [5.74, 6) is 0. The Morgan fingerprint density at radius 1 is 1.00 bits per heavy atom. The largest absolute Gasteiger partial charge is 0.315 e. The van der Waals surface area contributed by atoms with E-state index in [4.69, 9.17) is 0 Å². The van der Waals surface area contributed by atoms with Gasteiger partial charge in [0, 0.05) is 12.1 Å². The lowest BCUT2D eigenvalue weighted by Gasteiger charge is -2.24. The molecule has 2 N–H and O–H groups in total. The molecule has 1 rings (SSSR count). The number of nitrogens with one attached hydrogen (secondary N) is 2. The van der Waals surface area contributed by atoms with E-state index in [-0.39, 0.29) is 5.54 Å². The molecule has 1 aromatic carbocycles. The van der Waals surface area contributed by atoms with Crippen LogP contribution in [0.15, 0.2) is 24.3 Å². The molecule has 0 spiro atoms. The van der Waals surface area contributed by atoms with Gasteiger partial charge in [0.1, 0.15) is 0 Å². The third kappa shape index (κ3) is 5.65. The van der Waals surface area contributed by atoms with Gasteiger partial charge in [-0.25, -0.2) is 0 Å². The molecular weight excluding hydrogens is 220 g/mol. The van der Waals surface area contributed by atoms with Crippen molar-refractivity contribution in [3.8, 4) is 0 Å². The van der Waals surface area contributed by atoms with Gasteiger partial charge in [-0.05, 0) is 51.4 Å². The van der Waals surface area contributed by atoms with E-state index in [0.717, 1.165) is 19.5 Å². The number of hydrogen-bond donors (Lipinski definition) is 2. The molecule has 0 saturated heterocycles. The van der Waals surface area contributed by atoms with E-state index in [2.05, 4.69) is 55.7 Å². The summed E-state index contributed by atoms with van der Waals surface area (Å²) in [5.41, 5.74) is 3.04. The fraction of sp³-hybridized carbons (Fsp3) is 0.625. The lowest BCUT2D eigenvalue weighted by Crippen LogP contribution is -2.46. The lowest BCUT2D eigenvalue weighted by molar-refractivity contribution is 0.395. The molecule has 0 unspecified atom stereocenters. The molecule has 0 aromatic heterocycles. The molecule has 0 atom stereocenters. The van der Waals surface area contributed by atoms with Crippen LogP contribution in [0.2, 0.25) is 0 Å². The fourth-order valence-corrected chi connectivity index (χ4v) is 1.88. The third-order valence-electron chi connectivity index (χ3n) is 3.40. The van der Waals surface area contributed by atoms with Crippen molar-refractivity contribution in [2.24, 2.45) is 0 Å². The van der Waals surface area contributed by atoms with E-state index in [9.17, 15) is 0 Å². The van der Waals surface area contributed by atoms with Crippen LogP contribution in [0.1, 0.15) is 38.3 Å². The van der Waals surface area contributed by atoms with E-state index in [0.29, 0.717) is 0 Å². The fourth-order valence-electron chi connectivity index (χ4n) is 1.88. The second-order valence-corrected chi connectivity index (χ2v) is 5.63. The summed E-state index contributed by atoms with van der Waals surface area (Å²) in [6.07, 6.45) is 3.51. The summed E-state index contributed by atoms with van der Waals surface area (Å²) >= 11 is 0. The summed E-state index contributed by atoms with van der Waals surface area (Å²) in [4.78, 5) is 0. The summed E-state index contributed by atoms with van der Waals surface area (Å²) in [5, 5.41) is 6.80. The van der Waals surface area contributed by atoms with Crippen molar-refractivity contribution in [3.05, 3.63) is 35.4 Å². The van der Waals surface area contributed by atoms with Crippen LogP contribution >= 0.6 is 0 Å². The van der Waals surface area contributed by atoms with E-state index >= 15 is 0 Å². The van der Waals surface area contributed by atoms with Gasteiger partial charge in [0.05, 0.1) is 0 Å². The molecule has 102 valence electrons. The van der Waals surface area contributed by atoms with Gasteiger partial charge in [0.25, 0.3) is 0 Å². The molecule has 0 heterocycles. The maximum absolute atomic E-state index is 3.50. The number of aryl methyl sites for hydroxylation is 1. The summed E-state index contributed by atoms with van der Waals surface area (Å²) < 4.78 is 0. The Hall–Kier alpha value is -0.860. The van der Waals surface area contributed by atoms with Gasteiger partial charge in [0.2, 0.25) is 0 Å². The van der Waals surface area contributed by atoms with Crippen molar-refractivity contribution in [1.82, 2.24) is 10.6 Å². The minimum absolute atomic E-state index is 0.172. The van der Waals surface area contributed by atoms with Crippen molar-refractivity contribution >= 4 is 0 Å². The molecule has 0 aliphatic carbocycles. The van der Waals surface area contributed by atoms with Gasteiger partial charge in [0.15, 0.2) is 0 Å². The first kappa shape index (κ1) is 15.2. The standard InChI is InChI=1S/C16H28N2/c1-5-6-14-7-9-15(10-8-14)11-12-18-13-16(2,3)17-4/h7-10,17-18H,5-6,11-13H2,1-4H3. The second-order valence-electron chi connectivity index (χ2n) is 5.63. The molecule has 0 amide bonds. The van der Waals surface area contributed by atoms with Crippen molar-refractivity contribution in [1.29, 1.82) is 0 Å². The summed E-state index contributed by atoms with van der Waals surface area (Å²) in [7, 11) is 2.01. The topological polar surface area (TPSA) is 24.1 Å². The van der Waals surface area contributed by atoms with Crippen molar-refractivity contribution < 1.29 is 0 Å². The maximum Gasteiger partial charge on any atom is 0.0246 e. The van der Waals surface area contributed by atoms with Crippen LogP contribution in [0.25, 0.3) is 0 Å². The van der Waals surface area contributed by atoms with Crippen LogP contribution < -0.4 is 10.6 Å². The number of benzene rings is 1. The molecule has 2 heteroatoms. The molecule has 0 radical (unpaired) electrons. The van der Waals surface area contributed by atoms with Crippen LogP contribution in [0.4, 0.5) is 0 Å². The lowest BCUT2D eigenvalue weighted by atomic mass is 10.0. The Morgan fingerprint density at radius 3 is 2.06 bits per heavy atom. The smallest absolute Gasteiger partial charge is 0.0246 e. The highest BCUT2D eigenvalue weighted by atomic mass is 15.0. The minimum Gasteiger partial charge on any atom is -0.315 e. The SMILES string of the molecule is CCCc1ccc(CCNCC(C)(C)NC)cc1. The molecule has 1 aromatic rings. The quantitative estimate of drug-likeness (QED) is 0.691. The number of likely N-dealkylation sites (N-methyl/N-ethyl adjacent to an activating group) is 1. The third-order valence-corrected chi connectivity index (χ3v) is 3.40. The summed E-state index contributed by atoms with van der Waals surface area (Å²) in [6, 6.07) is 9.04. The molecular formula is C16H28N2. The first-order chi connectivity index (χ1) is 8.57. The Kier molecular flexibility index (Phi) is 6.37. The zero-order chi connectivity index (χ0) is 13.4. The Balaban J connectivity index is 2.27. The Labute approximate surface area is 112 Å². The van der Waals surface area contributed by atoms with E-state index in [1.165, 1.54) is 24.0 Å². The molecule has 0 saturated carbocycles. The van der Waals surface area contributed by atoms with Crippen LogP contribution in [0, 0.1) is 0 Å². The highest BCUT2D eigenvalue weighted by molar-refractivity contribution is 5.22. The predicted molar refractivity (Wildman–Crippen MR) is 80.1 cm³/mol. The van der Waals surface area contributed by atoms with E-state index < -0.39 is 0 Å². The van der Waals surface area contributed by atoms with Gasteiger partial charge in [-0.2, -0.15) is 0 Å². The zero-order valence-corrected chi connectivity index (χ0v) is 12.3. The van der Waals surface area contributed by atoms with Crippen LogP contribution in [0.3, 0.4) is 0 Å². The van der Waals surface area contributed by atoms with E-state index in [1.807, 2.05) is 7.05 Å². The minimum atomic E-state index is 0.172. The van der Waals surface area contributed by atoms with Gasteiger partial charge >= 0.3 is 0 Å². The Morgan fingerprint density at radius 2 is 1.56 bits per heavy atom. The van der Waals surface area contributed by atoms with Crippen molar-refractivity contribution in [3.63, 3.8) is 0 Å². The zero-order valence-electron chi connectivity index (χ0n) is 12.3. The van der Waals surface area contributed by atoms with Crippen molar-refractivity contribution in [2.45, 2.75) is 45.6 Å². The van der Waals surface area contributed by atoms with Gasteiger partial charge in [-0.1, -0.05) is 37.6 Å². The highest BCUT2D eigenvalue weighted by Crippen LogP contribution is 2.07. The van der Waals surface area contributed by atoms with Gasteiger partial charge in [-0.15, -0.1) is 0 Å². The number of hydrogen-bond acceptors (Lipinski definition) is 2. The monoisotopic (exact) mass is 248 g/mol. The Bertz CT molecular complexity index is 327. The second kappa shape index (κ2) is 7.55.